The van der Waals surface area contributed by atoms with Crippen LogP contribution in [-0.2, 0) is 0 Å². The van der Waals surface area contributed by atoms with Crippen molar-refractivity contribution in [3.8, 4) is 0 Å². The fourth-order valence-corrected chi connectivity index (χ4v) is 3.14. The molecule has 0 saturated carbocycles. The number of aliphatic hydroxyl groups is 1. The van der Waals surface area contributed by atoms with Crippen molar-refractivity contribution in [2.75, 3.05) is 19.7 Å². The summed E-state index contributed by atoms with van der Waals surface area (Å²) in [4.78, 5) is 2.50. The summed E-state index contributed by atoms with van der Waals surface area (Å²) in [7, 11) is 0. The molecule has 0 aromatic heterocycles. The van der Waals surface area contributed by atoms with Crippen molar-refractivity contribution in [2.45, 2.75) is 44.7 Å². The lowest BCUT2D eigenvalue weighted by atomic mass is 9.94. The predicted octanol–water partition coefficient (Wildman–Crippen LogP) is 2.23. The minimum atomic E-state index is 0.270. The van der Waals surface area contributed by atoms with E-state index in [2.05, 4.69) is 36.1 Å². The highest BCUT2D eigenvalue weighted by molar-refractivity contribution is 5.24. The molecule has 0 spiro atoms. The maximum Gasteiger partial charge on any atom is 0.0473 e. The second-order valence-corrected chi connectivity index (χ2v) is 5.56. The Hall–Kier alpha value is -0.900. The standard InChI is InChI=1S/C16H26N2O/c1-13-5-7-14(8-6-13)16(12-17)18-10-3-2-4-15(18)9-11-19/h5-8,15-16,19H,2-4,9-12,17H2,1H3. The van der Waals surface area contributed by atoms with E-state index >= 15 is 0 Å². The van der Waals surface area contributed by atoms with Crippen LogP contribution < -0.4 is 5.73 Å². The van der Waals surface area contributed by atoms with Crippen molar-refractivity contribution in [3.63, 3.8) is 0 Å². The molecular weight excluding hydrogens is 236 g/mol. The number of nitrogens with two attached hydrogens (primary N) is 1. The first-order valence-corrected chi connectivity index (χ1v) is 7.39. The normalized spacial score (nSPS) is 22.4. The second kappa shape index (κ2) is 7.04. The van der Waals surface area contributed by atoms with Gasteiger partial charge in [0.1, 0.15) is 0 Å². The van der Waals surface area contributed by atoms with Gasteiger partial charge < -0.3 is 10.8 Å². The molecule has 1 aromatic carbocycles. The Morgan fingerprint density at radius 2 is 2.05 bits per heavy atom. The topological polar surface area (TPSA) is 49.5 Å². The first-order valence-electron chi connectivity index (χ1n) is 7.39. The molecule has 1 heterocycles. The van der Waals surface area contributed by atoms with Gasteiger partial charge in [0.15, 0.2) is 0 Å². The molecule has 0 amide bonds. The lowest BCUT2D eigenvalue weighted by molar-refractivity contribution is 0.0782. The Bertz CT molecular complexity index is 375. The van der Waals surface area contributed by atoms with Crippen molar-refractivity contribution in [3.05, 3.63) is 35.4 Å². The summed E-state index contributed by atoms with van der Waals surface area (Å²) in [5.74, 6) is 0. The summed E-state index contributed by atoms with van der Waals surface area (Å²) >= 11 is 0. The zero-order valence-corrected chi connectivity index (χ0v) is 11.9. The molecule has 1 saturated heterocycles. The van der Waals surface area contributed by atoms with E-state index in [1.54, 1.807) is 0 Å². The second-order valence-electron chi connectivity index (χ2n) is 5.56. The molecule has 1 aliphatic heterocycles. The van der Waals surface area contributed by atoms with Crippen LogP contribution in [0.15, 0.2) is 24.3 Å². The van der Waals surface area contributed by atoms with Crippen molar-refractivity contribution in [1.82, 2.24) is 4.90 Å². The number of piperidine rings is 1. The molecule has 3 N–H and O–H groups in total. The zero-order valence-electron chi connectivity index (χ0n) is 11.9. The van der Waals surface area contributed by atoms with E-state index < -0.39 is 0 Å². The Balaban J connectivity index is 2.16. The van der Waals surface area contributed by atoms with Crippen molar-refractivity contribution in [1.29, 1.82) is 0 Å². The van der Waals surface area contributed by atoms with Crippen LogP contribution in [0.1, 0.15) is 42.9 Å². The number of aryl methyl sites for hydroxylation is 1. The van der Waals surface area contributed by atoms with E-state index in [4.69, 9.17) is 5.73 Å². The van der Waals surface area contributed by atoms with Crippen LogP contribution in [0.25, 0.3) is 0 Å². The third kappa shape index (κ3) is 3.56. The van der Waals surface area contributed by atoms with Crippen LogP contribution in [0.5, 0.6) is 0 Å². The minimum absolute atomic E-state index is 0.270. The van der Waals surface area contributed by atoms with E-state index in [0.717, 1.165) is 13.0 Å². The van der Waals surface area contributed by atoms with E-state index in [-0.39, 0.29) is 12.6 Å². The molecular formula is C16H26N2O. The van der Waals surface area contributed by atoms with Gasteiger partial charge in [-0.25, -0.2) is 0 Å². The van der Waals surface area contributed by atoms with Gasteiger partial charge in [0.2, 0.25) is 0 Å². The molecule has 0 aliphatic carbocycles. The molecule has 3 nitrogen and oxygen atoms in total. The highest BCUT2D eigenvalue weighted by atomic mass is 16.3. The zero-order chi connectivity index (χ0) is 13.7. The number of nitrogens with zero attached hydrogens (tertiary/aromatic N) is 1. The van der Waals surface area contributed by atoms with Gasteiger partial charge in [-0.15, -0.1) is 0 Å². The summed E-state index contributed by atoms with van der Waals surface area (Å²) in [6.45, 7) is 4.12. The Morgan fingerprint density at radius 3 is 2.68 bits per heavy atom. The molecule has 1 aromatic rings. The summed E-state index contributed by atoms with van der Waals surface area (Å²) in [5.41, 5.74) is 8.61. The molecule has 1 aliphatic rings. The SMILES string of the molecule is Cc1ccc(C(CN)N2CCCCC2CCO)cc1. The van der Waals surface area contributed by atoms with Gasteiger partial charge in [0.25, 0.3) is 0 Å². The summed E-state index contributed by atoms with van der Waals surface area (Å²) in [5, 5.41) is 9.24. The Morgan fingerprint density at radius 1 is 1.32 bits per heavy atom. The average molecular weight is 262 g/mol. The van der Waals surface area contributed by atoms with Crippen molar-refractivity contribution < 1.29 is 5.11 Å². The average Bonchev–Trinajstić information content (AvgIpc) is 2.44. The van der Waals surface area contributed by atoms with Gasteiger partial charge in [0, 0.05) is 25.2 Å². The fourth-order valence-electron chi connectivity index (χ4n) is 3.14. The number of aliphatic hydroxyl groups excluding tert-OH is 1. The molecule has 2 atom stereocenters. The number of hydrogen-bond donors (Lipinski definition) is 2. The lowest BCUT2D eigenvalue weighted by Gasteiger charge is -2.41. The molecule has 106 valence electrons. The van der Waals surface area contributed by atoms with Crippen LogP contribution in [0.3, 0.4) is 0 Å². The van der Waals surface area contributed by atoms with Gasteiger partial charge in [0.05, 0.1) is 0 Å². The smallest absolute Gasteiger partial charge is 0.0473 e. The van der Waals surface area contributed by atoms with Crippen LogP contribution in [0.2, 0.25) is 0 Å². The number of rotatable bonds is 5. The molecule has 1 fully saturated rings. The number of hydrogen-bond acceptors (Lipinski definition) is 3. The third-order valence-corrected chi connectivity index (χ3v) is 4.22. The van der Waals surface area contributed by atoms with Crippen LogP contribution >= 0.6 is 0 Å². The molecule has 0 radical (unpaired) electrons. The van der Waals surface area contributed by atoms with Gasteiger partial charge >= 0.3 is 0 Å². The van der Waals surface area contributed by atoms with Gasteiger partial charge in [-0.3, -0.25) is 4.90 Å². The largest absolute Gasteiger partial charge is 0.396 e. The van der Waals surface area contributed by atoms with Crippen molar-refractivity contribution in [2.24, 2.45) is 5.73 Å². The van der Waals surface area contributed by atoms with Crippen molar-refractivity contribution >= 4 is 0 Å². The maximum absolute atomic E-state index is 9.24. The Labute approximate surface area is 116 Å². The minimum Gasteiger partial charge on any atom is -0.396 e. The number of likely N-dealkylation sites (tertiary alicyclic amines) is 1. The van der Waals surface area contributed by atoms with Gasteiger partial charge in [-0.1, -0.05) is 36.2 Å². The first-order chi connectivity index (χ1) is 9.26. The van der Waals surface area contributed by atoms with Gasteiger partial charge in [-0.2, -0.15) is 0 Å². The predicted molar refractivity (Wildman–Crippen MR) is 79.0 cm³/mol. The van der Waals surface area contributed by atoms with Gasteiger partial charge in [-0.05, 0) is 38.3 Å². The van der Waals surface area contributed by atoms with Crippen LogP contribution in [-0.4, -0.2) is 35.7 Å². The van der Waals surface area contributed by atoms with Crippen LogP contribution in [0, 0.1) is 6.92 Å². The van der Waals surface area contributed by atoms with E-state index in [1.807, 2.05) is 0 Å². The third-order valence-electron chi connectivity index (χ3n) is 4.22. The molecule has 19 heavy (non-hydrogen) atoms. The summed E-state index contributed by atoms with van der Waals surface area (Å²) < 4.78 is 0. The quantitative estimate of drug-likeness (QED) is 0.855. The fraction of sp³-hybridized carbons (Fsp3) is 0.625. The monoisotopic (exact) mass is 262 g/mol. The van der Waals surface area contributed by atoms with Crippen LogP contribution in [0.4, 0.5) is 0 Å². The highest BCUT2D eigenvalue weighted by Gasteiger charge is 2.28. The molecule has 3 heteroatoms. The molecule has 2 rings (SSSR count). The summed E-state index contributed by atoms with van der Waals surface area (Å²) in [6.07, 6.45) is 4.56. The first kappa shape index (κ1) is 14.5. The van der Waals surface area contributed by atoms with E-state index in [9.17, 15) is 5.11 Å². The summed E-state index contributed by atoms with van der Waals surface area (Å²) in [6, 6.07) is 9.46. The number of benzene rings is 1. The maximum atomic E-state index is 9.24. The van der Waals surface area contributed by atoms with E-state index in [1.165, 1.54) is 30.4 Å². The lowest BCUT2D eigenvalue weighted by Crippen LogP contribution is -2.44. The van der Waals surface area contributed by atoms with E-state index in [0.29, 0.717) is 12.6 Å². The highest BCUT2D eigenvalue weighted by Crippen LogP contribution is 2.29. The molecule has 0 bridgehead atoms. The Kier molecular flexibility index (Phi) is 5.37. The molecule has 2 unspecified atom stereocenters.